The number of nitrogens with zero attached hydrogens (tertiary/aromatic N) is 2. The van der Waals surface area contributed by atoms with Crippen LogP contribution in [0.5, 0.6) is 0 Å². The second kappa shape index (κ2) is 3.83. The van der Waals surface area contributed by atoms with E-state index in [4.69, 9.17) is 0 Å². The van der Waals surface area contributed by atoms with Crippen molar-refractivity contribution in [2.45, 2.75) is 13.3 Å². The van der Waals surface area contributed by atoms with Gasteiger partial charge in [0.15, 0.2) is 0 Å². The largest absolute Gasteiger partial charge is 0.257 e. The van der Waals surface area contributed by atoms with Crippen LogP contribution in [0.4, 0.5) is 11.4 Å². The summed E-state index contributed by atoms with van der Waals surface area (Å²) in [5.74, 6) is 0.403. The number of allylic oxidation sites excluding steroid dienone is 2. The molecular formula is C13H12N2S. The van der Waals surface area contributed by atoms with Crippen molar-refractivity contribution >= 4 is 47.3 Å². The summed E-state index contributed by atoms with van der Waals surface area (Å²) < 4.78 is 0. The Bertz CT molecular complexity index is 532. The first-order chi connectivity index (χ1) is 7.84. The third-order valence-corrected chi connectivity index (χ3v) is 3.73. The molecule has 1 atom stereocenters. The smallest absolute Gasteiger partial charge is 0.107 e. The zero-order valence-electron chi connectivity index (χ0n) is 9.05. The van der Waals surface area contributed by atoms with Gasteiger partial charge in [-0.1, -0.05) is 19.1 Å². The van der Waals surface area contributed by atoms with Crippen molar-refractivity contribution in [3.63, 3.8) is 0 Å². The van der Waals surface area contributed by atoms with Gasteiger partial charge in [-0.2, -0.15) is 0 Å². The molecule has 0 aromatic carbocycles. The molecular weight excluding hydrogens is 216 g/mol. The lowest BCUT2D eigenvalue weighted by Gasteiger charge is -1.94. The first kappa shape index (κ1) is 9.73. The van der Waals surface area contributed by atoms with Crippen molar-refractivity contribution in [2.24, 2.45) is 15.9 Å². The summed E-state index contributed by atoms with van der Waals surface area (Å²) >= 11 is 1.77. The van der Waals surface area contributed by atoms with Crippen LogP contribution in [0.15, 0.2) is 22.1 Å². The van der Waals surface area contributed by atoms with Gasteiger partial charge < -0.3 is 0 Å². The van der Waals surface area contributed by atoms with Crippen molar-refractivity contribution in [3.8, 4) is 0 Å². The Labute approximate surface area is 98.8 Å². The second-order valence-corrected chi connectivity index (χ2v) is 5.06. The van der Waals surface area contributed by atoms with Crippen LogP contribution in [-0.2, 0) is 0 Å². The van der Waals surface area contributed by atoms with E-state index in [2.05, 4.69) is 41.2 Å². The van der Waals surface area contributed by atoms with E-state index in [9.17, 15) is 0 Å². The first-order valence-corrected chi connectivity index (χ1v) is 6.24. The molecule has 0 bridgehead atoms. The fourth-order valence-electron chi connectivity index (χ4n) is 1.78. The molecule has 2 aliphatic heterocycles. The standard InChI is InChI=1S/C13H12N2S/c1-9-5-6-11-13(15-8-9)12-10(16-11)4-2-3-7-14-12/h2,4-9H,3H2,1H3/t9-/m0/s1. The van der Waals surface area contributed by atoms with Gasteiger partial charge in [-0.25, -0.2) is 0 Å². The van der Waals surface area contributed by atoms with Crippen LogP contribution in [-0.4, -0.2) is 12.4 Å². The number of rotatable bonds is 0. The summed E-state index contributed by atoms with van der Waals surface area (Å²) in [6, 6.07) is 0. The Morgan fingerprint density at radius 1 is 1.19 bits per heavy atom. The maximum Gasteiger partial charge on any atom is 0.107 e. The molecule has 0 fully saturated rings. The van der Waals surface area contributed by atoms with Gasteiger partial charge in [0.1, 0.15) is 11.4 Å². The quantitative estimate of drug-likeness (QED) is 0.634. The van der Waals surface area contributed by atoms with Gasteiger partial charge >= 0.3 is 0 Å². The van der Waals surface area contributed by atoms with E-state index in [1.165, 1.54) is 9.75 Å². The number of thiophene rings is 1. The normalized spacial score (nSPS) is 21.4. The molecule has 0 aliphatic carbocycles. The predicted molar refractivity (Wildman–Crippen MR) is 72.5 cm³/mol. The van der Waals surface area contributed by atoms with E-state index in [-0.39, 0.29) is 0 Å². The highest BCUT2D eigenvalue weighted by Crippen LogP contribution is 2.45. The maximum absolute atomic E-state index is 4.56. The third-order valence-electron chi connectivity index (χ3n) is 2.63. The lowest BCUT2D eigenvalue weighted by Crippen LogP contribution is -1.86. The zero-order valence-corrected chi connectivity index (χ0v) is 9.87. The van der Waals surface area contributed by atoms with Crippen LogP contribution in [0.25, 0.3) is 12.2 Å². The predicted octanol–water partition coefficient (Wildman–Crippen LogP) is 4.23. The van der Waals surface area contributed by atoms with Crippen LogP contribution in [0, 0.1) is 5.92 Å². The SMILES string of the molecule is C[C@H]1C=Cc2sc3c(c2N=C1)N=CCC=C3. The molecule has 3 heteroatoms. The van der Waals surface area contributed by atoms with Crippen molar-refractivity contribution in [2.75, 3.05) is 0 Å². The highest BCUT2D eigenvalue weighted by atomic mass is 32.1. The Morgan fingerprint density at radius 3 is 2.94 bits per heavy atom. The molecule has 1 aromatic rings. The van der Waals surface area contributed by atoms with Crippen LogP contribution in [0.2, 0.25) is 0 Å². The lowest BCUT2D eigenvalue weighted by atomic mass is 10.2. The minimum absolute atomic E-state index is 0.403. The summed E-state index contributed by atoms with van der Waals surface area (Å²) in [5, 5.41) is 0. The Balaban J connectivity index is 2.20. The summed E-state index contributed by atoms with van der Waals surface area (Å²) in [5.41, 5.74) is 2.06. The molecule has 0 saturated carbocycles. The fraction of sp³-hybridized carbons (Fsp3) is 0.231. The molecule has 0 spiro atoms. The summed E-state index contributed by atoms with van der Waals surface area (Å²) in [6.07, 6.45) is 13.5. The van der Waals surface area contributed by atoms with Gasteiger partial charge in [-0.3, -0.25) is 9.98 Å². The zero-order chi connectivity index (χ0) is 11.0. The summed E-state index contributed by atoms with van der Waals surface area (Å²) in [6.45, 7) is 2.14. The van der Waals surface area contributed by atoms with Gasteiger partial charge in [-0.15, -0.1) is 11.3 Å². The molecule has 0 amide bonds. The number of aliphatic imine (C=N–C) groups is 2. The number of hydrogen-bond donors (Lipinski definition) is 0. The number of fused-ring (bicyclic) bond motifs is 3. The van der Waals surface area contributed by atoms with E-state index in [1.54, 1.807) is 11.3 Å². The molecule has 2 aliphatic rings. The fourth-order valence-corrected chi connectivity index (χ4v) is 2.82. The Hall–Kier alpha value is -1.48. The van der Waals surface area contributed by atoms with Crippen LogP contribution >= 0.6 is 11.3 Å². The Kier molecular flexibility index (Phi) is 2.33. The average molecular weight is 228 g/mol. The maximum atomic E-state index is 4.56. The number of hydrogen-bond acceptors (Lipinski definition) is 3. The molecule has 3 heterocycles. The molecule has 16 heavy (non-hydrogen) atoms. The van der Waals surface area contributed by atoms with Gasteiger partial charge in [0.05, 0.1) is 9.75 Å². The topological polar surface area (TPSA) is 24.7 Å². The molecule has 3 rings (SSSR count). The van der Waals surface area contributed by atoms with Gasteiger partial charge in [0.2, 0.25) is 0 Å². The van der Waals surface area contributed by atoms with Crippen molar-refractivity contribution in [1.29, 1.82) is 0 Å². The average Bonchev–Trinajstić information content (AvgIpc) is 2.48. The molecule has 1 aromatic heterocycles. The monoisotopic (exact) mass is 228 g/mol. The van der Waals surface area contributed by atoms with Crippen LogP contribution in [0.3, 0.4) is 0 Å². The lowest BCUT2D eigenvalue weighted by molar-refractivity contribution is 1.04. The summed E-state index contributed by atoms with van der Waals surface area (Å²) in [4.78, 5) is 11.5. The van der Waals surface area contributed by atoms with E-state index in [0.29, 0.717) is 5.92 Å². The highest BCUT2D eigenvalue weighted by Gasteiger charge is 2.16. The van der Waals surface area contributed by atoms with Crippen molar-refractivity contribution in [1.82, 2.24) is 0 Å². The summed E-state index contributed by atoms with van der Waals surface area (Å²) in [7, 11) is 0. The second-order valence-electron chi connectivity index (χ2n) is 3.97. The van der Waals surface area contributed by atoms with Crippen molar-refractivity contribution < 1.29 is 0 Å². The van der Waals surface area contributed by atoms with E-state index in [1.807, 2.05) is 12.4 Å². The molecule has 2 nitrogen and oxygen atoms in total. The molecule has 0 N–H and O–H groups in total. The molecule has 0 saturated heterocycles. The van der Waals surface area contributed by atoms with E-state index >= 15 is 0 Å². The molecule has 0 unspecified atom stereocenters. The molecule has 0 radical (unpaired) electrons. The minimum Gasteiger partial charge on any atom is -0.257 e. The van der Waals surface area contributed by atoms with Crippen LogP contribution < -0.4 is 0 Å². The Morgan fingerprint density at radius 2 is 2.00 bits per heavy atom. The minimum atomic E-state index is 0.403. The third kappa shape index (κ3) is 1.57. The molecule has 80 valence electrons. The van der Waals surface area contributed by atoms with E-state index in [0.717, 1.165) is 17.8 Å². The van der Waals surface area contributed by atoms with Crippen molar-refractivity contribution in [3.05, 3.63) is 21.9 Å². The van der Waals surface area contributed by atoms with Gasteiger partial charge in [-0.05, 0) is 12.2 Å². The first-order valence-electron chi connectivity index (χ1n) is 5.43. The van der Waals surface area contributed by atoms with E-state index < -0.39 is 0 Å². The van der Waals surface area contributed by atoms with Crippen LogP contribution in [0.1, 0.15) is 23.1 Å². The van der Waals surface area contributed by atoms with Gasteiger partial charge in [0, 0.05) is 24.8 Å². The van der Waals surface area contributed by atoms with Gasteiger partial charge in [0.25, 0.3) is 0 Å². The highest BCUT2D eigenvalue weighted by molar-refractivity contribution is 7.15.